The summed E-state index contributed by atoms with van der Waals surface area (Å²) in [6, 6.07) is 9.94. The Bertz CT molecular complexity index is 1870. The van der Waals surface area contributed by atoms with Crippen molar-refractivity contribution in [3.63, 3.8) is 0 Å². The normalized spacial score (nSPS) is 17.5. The summed E-state index contributed by atoms with van der Waals surface area (Å²) in [6.45, 7) is 3.16. The largest absolute Gasteiger partial charge is 0.392 e. The number of anilines is 4. The molecule has 1 aliphatic carbocycles. The fourth-order valence-corrected chi connectivity index (χ4v) is 7.04. The molecule has 5 heterocycles. The van der Waals surface area contributed by atoms with Crippen molar-refractivity contribution < 1.29 is 24.1 Å². The predicted octanol–water partition coefficient (Wildman–Crippen LogP) is 3.82. The number of likely N-dealkylation sites (N-methyl/N-ethyl adjacent to an activating group) is 1. The Kier molecular flexibility index (Phi) is 7.66. The van der Waals surface area contributed by atoms with Crippen LogP contribution >= 0.6 is 0 Å². The SMILES string of the molecule is Cn1cc(-c2cc(F)cc(N3CCn4c(cc5c4CCCC5)C3=O)c2CO)cc(Nc2ccc(N3CC[N+](C)(O)CC3)cn2)c1=O. The van der Waals surface area contributed by atoms with Gasteiger partial charge in [-0.3, -0.25) is 9.59 Å². The first-order valence-corrected chi connectivity index (χ1v) is 15.8. The number of rotatable bonds is 6. The van der Waals surface area contributed by atoms with E-state index in [1.807, 2.05) is 12.1 Å². The van der Waals surface area contributed by atoms with E-state index in [0.29, 0.717) is 73.2 Å². The van der Waals surface area contributed by atoms with Gasteiger partial charge in [-0.05, 0) is 73.2 Å². The molecule has 1 amide bonds. The molecule has 1 saturated heterocycles. The second-order valence-corrected chi connectivity index (χ2v) is 12.8. The number of aliphatic hydroxyl groups excluding tert-OH is 1. The van der Waals surface area contributed by atoms with E-state index in [4.69, 9.17) is 0 Å². The zero-order valence-electron chi connectivity index (χ0n) is 26.2. The Morgan fingerprint density at radius 2 is 1.80 bits per heavy atom. The second kappa shape index (κ2) is 11.7. The van der Waals surface area contributed by atoms with Crippen LogP contribution in [0.15, 0.2) is 53.6 Å². The van der Waals surface area contributed by atoms with Crippen LogP contribution in [0.2, 0.25) is 0 Å². The van der Waals surface area contributed by atoms with E-state index in [2.05, 4.69) is 19.8 Å². The number of aryl methyl sites for hydroxylation is 2. The van der Waals surface area contributed by atoms with Gasteiger partial charge < -0.3 is 29.4 Å². The first kappa shape index (κ1) is 30.2. The number of carbonyl (C=O) groups is 1. The van der Waals surface area contributed by atoms with Crippen molar-refractivity contribution in [2.24, 2.45) is 7.05 Å². The molecule has 12 heteroatoms. The lowest BCUT2D eigenvalue weighted by atomic mass is 9.97. The number of nitrogens with zero attached hydrogens (tertiary/aromatic N) is 6. The van der Waals surface area contributed by atoms with E-state index in [1.54, 1.807) is 43.5 Å². The van der Waals surface area contributed by atoms with Gasteiger partial charge in [0, 0.05) is 43.2 Å². The number of pyridine rings is 2. The number of aliphatic hydroxyl groups is 1. The van der Waals surface area contributed by atoms with Crippen LogP contribution < -0.4 is 20.7 Å². The van der Waals surface area contributed by atoms with E-state index in [0.717, 1.165) is 31.4 Å². The number of quaternary nitrogens is 1. The van der Waals surface area contributed by atoms with Crippen molar-refractivity contribution in [2.75, 3.05) is 54.9 Å². The van der Waals surface area contributed by atoms with E-state index in [-0.39, 0.29) is 21.8 Å². The van der Waals surface area contributed by atoms with E-state index < -0.39 is 12.4 Å². The minimum Gasteiger partial charge on any atom is -0.392 e. The van der Waals surface area contributed by atoms with Crippen LogP contribution in [0.5, 0.6) is 0 Å². The third kappa shape index (κ3) is 5.46. The van der Waals surface area contributed by atoms with Gasteiger partial charge in [0.1, 0.15) is 36.1 Å². The van der Waals surface area contributed by atoms with Gasteiger partial charge >= 0.3 is 0 Å². The fourth-order valence-electron chi connectivity index (χ4n) is 7.04. The van der Waals surface area contributed by atoms with Crippen LogP contribution in [0, 0.1) is 5.82 Å². The van der Waals surface area contributed by atoms with Gasteiger partial charge in [-0.1, -0.05) is 0 Å². The molecule has 3 aromatic heterocycles. The molecule has 4 aromatic rings. The zero-order valence-corrected chi connectivity index (χ0v) is 26.2. The van der Waals surface area contributed by atoms with Gasteiger partial charge in [0.05, 0.1) is 44.3 Å². The van der Waals surface area contributed by atoms with Crippen LogP contribution in [-0.2, 0) is 33.0 Å². The molecule has 0 spiro atoms. The van der Waals surface area contributed by atoms with Crippen LogP contribution in [0.3, 0.4) is 0 Å². The molecule has 0 radical (unpaired) electrons. The number of aromatic nitrogens is 3. The number of hydrogen-bond donors (Lipinski definition) is 3. The highest BCUT2D eigenvalue weighted by Crippen LogP contribution is 2.37. The van der Waals surface area contributed by atoms with Crippen LogP contribution in [0.4, 0.5) is 27.3 Å². The number of benzene rings is 1. The highest BCUT2D eigenvalue weighted by molar-refractivity contribution is 6.07. The van der Waals surface area contributed by atoms with Gasteiger partial charge in [0.15, 0.2) is 0 Å². The van der Waals surface area contributed by atoms with Crippen LogP contribution in [0.1, 0.15) is 40.2 Å². The van der Waals surface area contributed by atoms with Crippen molar-refractivity contribution in [3.05, 3.63) is 87.5 Å². The molecule has 0 unspecified atom stereocenters. The van der Waals surface area contributed by atoms with Crippen LogP contribution in [-0.4, -0.2) is 74.8 Å². The van der Waals surface area contributed by atoms with E-state index >= 15 is 4.39 Å². The highest BCUT2D eigenvalue weighted by Gasteiger charge is 2.32. The van der Waals surface area contributed by atoms with E-state index in [1.165, 1.54) is 28.0 Å². The molecule has 7 rings (SSSR count). The lowest BCUT2D eigenvalue weighted by molar-refractivity contribution is -1.09. The molecular weight excluding hydrogens is 589 g/mol. The molecule has 46 heavy (non-hydrogen) atoms. The first-order valence-electron chi connectivity index (χ1n) is 15.8. The molecule has 0 bridgehead atoms. The van der Waals surface area contributed by atoms with Crippen molar-refractivity contribution in [1.82, 2.24) is 14.1 Å². The minimum absolute atomic E-state index is 0.00179. The van der Waals surface area contributed by atoms with E-state index in [9.17, 15) is 19.9 Å². The summed E-state index contributed by atoms with van der Waals surface area (Å²) in [6.07, 6.45) is 7.46. The number of fused-ring (bicyclic) bond motifs is 3. The van der Waals surface area contributed by atoms with Gasteiger partial charge in [0.2, 0.25) is 0 Å². The van der Waals surface area contributed by atoms with Gasteiger partial charge in [0.25, 0.3) is 11.5 Å². The second-order valence-electron chi connectivity index (χ2n) is 12.8. The van der Waals surface area contributed by atoms with Gasteiger partial charge in [-0.15, -0.1) is 0 Å². The quantitative estimate of drug-likeness (QED) is 0.278. The molecule has 3 N–H and O–H groups in total. The number of hydroxylamine groups is 3. The Morgan fingerprint density at radius 3 is 2.54 bits per heavy atom. The number of piperazine rings is 1. The monoisotopic (exact) mass is 628 g/mol. The topological polar surface area (TPSA) is 116 Å². The summed E-state index contributed by atoms with van der Waals surface area (Å²) in [4.78, 5) is 35.2. The molecule has 0 atom stereocenters. The first-order chi connectivity index (χ1) is 22.1. The van der Waals surface area contributed by atoms with Crippen molar-refractivity contribution in [2.45, 2.75) is 38.8 Å². The van der Waals surface area contributed by atoms with Gasteiger partial charge in [-0.2, -0.15) is 4.65 Å². The average molecular weight is 629 g/mol. The molecule has 11 nitrogen and oxygen atoms in total. The zero-order chi connectivity index (χ0) is 32.2. The number of amides is 1. The third-order valence-corrected chi connectivity index (χ3v) is 9.63. The summed E-state index contributed by atoms with van der Waals surface area (Å²) in [5.41, 5.74) is 5.54. The van der Waals surface area contributed by atoms with Crippen LogP contribution in [0.25, 0.3) is 11.1 Å². The maximum absolute atomic E-state index is 15.3. The molecule has 1 aromatic carbocycles. The van der Waals surface area contributed by atoms with Gasteiger partial charge in [-0.25, -0.2) is 14.6 Å². The summed E-state index contributed by atoms with van der Waals surface area (Å²) < 4.78 is 18.8. The number of hydrogen-bond acceptors (Lipinski definition) is 7. The fraction of sp³-hybridized carbons (Fsp3) is 0.382. The third-order valence-electron chi connectivity index (χ3n) is 9.63. The molecule has 0 saturated carbocycles. The standard InChI is InChI=1S/C34H39FN7O4/c1-38-20-23(15-28(33(38)44)37-32-8-7-25(19-36-32)39-11-13-42(2,46)14-12-39)26-17-24(35)18-30(27(26)21-43)41-10-9-40-29-6-4-3-5-22(29)16-31(40)34(41)45/h7-8,15-20,43,46H,3-6,9-14,21H2,1-2H3,(H,36,37)/q+1. The summed E-state index contributed by atoms with van der Waals surface area (Å²) in [5, 5.41) is 23.9. The summed E-state index contributed by atoms with van der Waals surface area (Å²) in [5.74, 6) is -0.295. The molecule has 240 valence electrons. The van der Waals surface area contributed by atoms with Crippen molar-refractivity contribution >= 4 is 28.8 Å². The maximum atomic E-state index is 15.3. The predicted molar refractivity (Wildman–Crippen MR) is 173 cm³/mol. The number of carbonyl (C=O) groups excluding carboxylic acids is 1. The average Bonchev–Trinajstić information content (AvgIpc) is 3.43. The molecule has 1 fully saturated rings. The lowest BCUT2D eigenvalue weighted by Gasteiger charge is -2.36. The maximum Gasteiger partial charge on any atom is 0.274 e. The Labute approximate surface area is 266 Å². The summed E-state index contributed by atoms with van der Waals surface area (Å²) >= 11 is 0. The molecule has 3 aliphatic rings. The highest BCUT2D eigenvalue weighted by atomic mass is 19.1. The molecular formula is C34H39FN7O4+. The smallest absolute Gasteiger partial charge is 0.274 e. The number of nitrogens with one attached hydrogen (secondary N) is 1. The molecule has 2 aliphatic heterocycles. The van der Waals surface area contributed by atoms with Crippen molar-refractivity contribution in [3.8, 4) is 11.1 Å². The lowest BCUT2D eigenvalue weighted by Crippen LogP contribution is -2.55. The summed E-state index contributed by atoms with van der Waals surface area (Å²) in [7, 11) is 3.41. The Hall–Kier alpha value is -4.52. The number of halogens is 1. The minimum atomic E-state index is -0.547. The van der Waals surface area contributed by atoms with Crippen molar-refractivity contribution in [1.29, 1.82) is 0 Å². The Morgan fingerprint density at radius 1 is 1.02 bits per heavy atom. The Balaban J connectivity index is 1.19.